The van der Waals surface area contributed by atoms with Gasteiger partial charge in [-0.25, -0.2) is 0 Å². The van der Waals surface area contributed by atoms with Crippen LogP contribution in [0.1, 0.15) is 6.42 Å². The monoisotopic (exact) mass is 169 g/mol. The van der Waals surface area contributed by atoms with Gasteiger partial charge in [-0.3, -0.25) is 4.79 Å². The number of hydrogen-bond donors (Lipinski definition) is 0. The van der Waals surface area contributed by atoms with Crippen molar-refractivity contribution in [3.63, 3.8) is 0 Å². The van der Waals surface area contributed by atoms with E-state index in [1.165, 1.54) is 0 Å². The van der Waals surface area contributed by atoms with Crippen molar-refractivity contribution in [2.45, 2.75) is 11.8 Å². The van der Waals surface area contributed by atoms with E-state index in [0.29, 0.717) is 13.1 Å². The molecule has 10 heavy (non-hydrogen) atoms. The van der Waals surface area contributed by atoms with Gasteiger partial charge in [0.25, 0.3) is 0 Å². The van der Waals surface area contributed by atoms with Crippen molar-refractivity contribution >= 4 is 17.5 Å². The molecule has 1 amide bonds. The molecule has 0 atom stereocenters. The fourth-order valence-electron chi connectivity index (χ4n) is 0.699. The van der Waals surface area contributed by atoms with Crippen LogP contribution >= 0.6 is 11.6 Å². The van der Waals surface area contributed by atoms with E-state index >= 15 is 0 Å². The van der Waals surface area contributed by atoms with Gasteiger partial charge in [0.2, 0.25) is 0 Å². The normalized spacial score (nSPS) is 18.5. The second-order valence-corrected chi connectivity index (χ2v) is 2.62. The first-order chi connectivity index (χ1) is 4.52. The van der Waals surface area contributed by atoms with Gasteiger partial charge >= 0.3 is 11.3 Å². The van der Waals surface area contributed by atoms with Crippen LogP contribution < -0.4 is 0 Å². The zero-order valence-corrected chi connectivity index (χ0v) is 5.87. The minimum absolute atomic E-state index is 0.404. The van der Waals surface area contributed by atoms with Crippen LogP contribution in [0, 0.1) is 0 Å². The Balaban J connectivity index is 2.48. The number of rotatable bonds is 1. The average Bonchev–Trinajstić information content (AvgIpc) is 1.57. The molecule has 0 spiro atoms. The molecule has 5 heteroatoms. The Morgan fingerprint density at radius 3 is 2.10 bits per heavy atom. The van der Waals surface area contributed by atoms with Gasteiger partial charge in [-0.1, -0.05) is 0 Å². The summed E-state index contributed by atoms with van der Waals surface area (Å²) < 4.78 is 23.9. The van der Waals surface area contributed by atoms with Gasteiger partial charge in [0.05, 0.1) is 0 Å². The molecule has 0 bridgehead atoms. The number of amides is 1. The van der Waals surface area contributed by atoms with Gasteiger partial charge in [0.15, 0.2) is 0 Å². The predicted octanol–water partition coefficient (Wildman–Crippen LogP) is 1.05. The number of alkyl halides is 3. The van der Waals surface area contributed by atoms with Crippen molar-refractivity contribution in [2.75, 3.05) is 13.1 Å². The molecule has 1 aliphatic rings. The standard InChI is InChI=1S/C5H6ClF2NO/c6-5(7,8)4(10)9-2-1-3-9/h1-3H2. The summed E-state index contributed by atoms with van der Waals surface area (Å²) in [4.78, 5) is 11.5. The van der Waals surface area contributed by atoms with Crippen molar-refractivity contribution < 1.29 is 13.6 Å². The van der Waals surface area contributed by atoms with Crippen molar-refractivity contribution in [1.29, 1.82) is 0 Å². The summed E-state index contributed by atoms with van der Waals surface area (Å²) in [6.45, 7) is 0.808. The number of carbonyl (C=O) groups is 1. The molecule has 0 aromatic heterocycles. The summed E-state index contributed by atoms with van der Waals surface area (Å²) in [5, 5.41) is -3.71. The molecule has 1 saturated heterocycles. The lowest BCUT2D eigenvalue weighted by molar-refractivity contribution is -0.150. The summed E-state index contributed by atoms with van der Waals surface area (Å²) in [6, 6.07) is 0. The van der Waals surface area contributed by atoms with Gasteiger partial charge in [-0.15, -0.1) is 0 Å². The minimum atomic E-state index is -3.71. The molecular weight excluding hydrogens is 164 g/mol. The van der Waals surface area contributed by atoms with Crippen molar-refractivity contribution in [2.24, 2.45) is 0 Å². The van der Waals surface area contributed by atoms with Crippen molar-refractivity contribution in [1.82, 2.24) is 4.90 Å². The van der Waals surface area contributed by atoms with Crippen LogP contribution in [0.25, 0.3) is 0 Å². The lowest BCUT2D eigenvalue weighted by Gasteiger charge is -2.31. The maximum Gasteiger partial charge on any atom is 0.399 e. The third-order valence-electron chi connectivity index (χ3n) is 1.39. The third kappa shape index (κ3) is 1.37. The summed E-state index contributed by atoms with van der Waals surface area (Å²) >= 11 is 4.47. The summed E-state index contributed by atoms with van der Waals surface area (Å²) in [5.74, 6) is -1.28. The molecule has 1 rings (SSSR count). The van der Waals surface area contributed by atoms with Gasteiger partial charge in [0, 0.05) is 13.1 Å². The SMILES string of the molecule is O=C(N1CCC1)C(F)(F)Cl. The molecule has 58 valence electrons. The Kier molecular flexibility index (Phi) is 1.81. The highest BCUT2D eigenvalue weighted by Gasteiger charge is 2.41. The molecule has 1 aliphatic heterocycles. The second-order valence-electron chi connectivity index (χ2n) is 2.14. The van der Waals surface area contributed by atoms with E-state index in [4.69, 9.17) is 0 Å². The Morgan fingerprint density at radius 1 is 1.50 bits per heavy atom. The van der Waals surface area contributed by atoms with E-state index in [1.54, 1.807) is 0 Å². The highest BCUT2D eigenvalue weighted by Crippen LogP contribution is 2.24. The highest BCUT2D eigenvalue weighted by molar-refractivity contribution is 6.32. The Bertz CT molecular complexity index is 152. The zero-order valence-electron chi connectivity index (χ0n) is 5.11. The largest absolute Gasteiger partial charge is 0.399 e. The van der Waals surface area contributed by atoms with Gasteiger partial charge in [-0.2, -0.15) is 8.78 Å². The van der Waals surface area contributed by atoms with Gasteiger partial charge in [0.1, 0.15) is 0 Å². The van der Waals surface area contributed by atoms with Crippen molar-refractivity contribution in [3.05, 3.63) is 0 Å². The molecule has 1 fully saturated rings. The van der Waals surface area contributed by atoms with Crippen LogP contribution in [-0.4, -0.2) is 29.3 Å². The van der Waals surface area contributed by atoms with Crippen LogP contribution in [0.4, 0.5) is 8.78 Å². The number of halogens is 3. The zero-order chi connectivity index (χ0) is 7.78. The molecule has 0 N–H and O–H groups in total. The van der Waals surface area contributed by atoms with E-state index in [-0.39, 0.29) is 0 Å². The van der Waals surface area contributed by atoms with Crippen LogP contribution in [0.15, 0.2) is 0 Å². The molecule has 0 aromatic carbocycles. The van der Waals surface area contributed by atoms with Crippen LogP contribution in [0.3, 0.4) is 0 Å². The first-order valence-corrected chi connectivity index (χ1v) is 3.26. The summed E-state index contributed by atoms with van der Waals surface area (Å²) in [6.07, 6.45) is 0.790. The fourth-order valence-corrected chi connectivity index (χ4v) is 0.818. The van der Waals surface area contributed by atoms with Crippen molar-refractivity contribution in [3.8, 4) is 0 Å². The number of nitrogens with zero attached hydrogens (tertiary/aromatic N) is 1. The van der Waals surface area contributed by atoms with E-state index in [1.807, 2.05) is 0 Å². The third-order valence-corrected chi connectivity index (χ3v) is 1.55. The molecule has 2 nitrogen and oxygen atoms in total. The first kappa shape index (κ1) is 7.72. The molecule has 0 saturated carbocycles. The molecule has 0 aliphatic carbocycles. The Hall–Kier alpha value is -0.380. The number of carbonyl (C=O) groups excluding carboxylic acids is 1. The molecule has 0 radical (unpaired) electrons. The van der Waals surface area contributed by atoms with Gasteiger partial charge in [-0.05, 0) is 18.0 Å². The predicted molar refractivity (Wildman–Crippen MR) is 32.0 cm³/mol. The molecular formula is C5H6ClF2NO. The maximum absolute atomic E-state index is 12.0. The topological polar surface area (TPSA) is 20.3 Å². The molecule has 0 unspecified atom stereocenters. The van der Waals surface area contributed by atoms with Crippen LogP contribution in [0.2, 0.25) is 0 Å². The van der Waals surface area contributed by atoms with Gasteiger partial charge < -0.3 is 4.90 Å². The van der Waals surface area contributed by atoms with E-state index < -0.39 is 11.3 Å². The fraction of sp³-hybridized carbons (Fsp3) is 0.800. The second kappa shape index (κ2) is 2.34. The first-order valence-electron chi connectivity index (χ1n) is 2.88. The summed E-state index contributed by atoms with van der Waals surface area (Å²) in [7, 11) is 0. The lowest BCUT2D eigenvalue weighted by Crippen LogP contribution is -2.48. The van der Waals surface area contributed by atoms with E-state index in [9.17, 15) is 13.6 Å². The smallest absolute Gasteiger partial charge is 0.336 e. The average molecular weight is 170 g/mol. The van der Waals surface area contributed by atoms with Crippen LogP contribution in [-0.2, 0) is 4.79 Å². The quantitative estimate of drug-likeness (QED) is 0.538. The van der Waals surface area contributed by atoms with E-state index in [2.05, 4.69) is 11.6 Å². The maximum atomic E-state index is 12.0. The Labute approximate surface area is 61.7 Å². The number of likely N-dealkylation sites (tertiary alicyclic amines) is 1. The number of hydrogen-bond acceptors (Lipinski definition) is 1. The molecule has 1 heterocycles. The summed E-state index contributed by atoms with van der Waals surface area (Å²) in [5.41, 5.74) is 0. The molecule has 0 aromatic rings. The van der Waals surface area contributed by atoms with E-state index in [0.717, 1.165) is 11.3 Å². The lowest BCUT2D eigenvalue weighted by atomic mass is 10.2. The minimum Gasteiger partial charge on any atom is -0.336 e. The Morgan fingerprint density at radius 2 is 2.00 bits per heavy atom. The van der Waals surface area contributed by atoms with Crippen LogP contribution in [0.5, 0.6) is 0 Å². The highest BCUT2D eigenvalue weighted by atomic mass is 35.5.